The summed E-state index contributed by atoms with van der Waals surface area (Å²) in [4.78, 5) is 20.4. The van der Waals surface area contributed by atoms with Gasteiger partial charge in [0.05, 0.1) is 22.8 Å². The van der Waals surface area contributed by atoms with Crippen LogP contribution in [0.1, 0.15) is 0 Å². The van der Waals surface area contributed by atoms with Crippen molar-refractivity contribution in [1.29, 1.82) is 0 Å². The summed E-state index contributed by atoms with van der Waals surface area (Å²) in [6.45, 7) is 0. The molecule has 0 saturated heterocycles. The zero-order valence-corrected chi connectivity index (χ0v) is 74.6. The molecule has 0 spiro atoms. The summed E-state index contributed by atoms with van der Waals surface area (Å²) in [6.07, 6.45) is 0. The smallest absolute Gasteiger partial charge is 0.423 e. The fraction of sp³-hybridized carbons (Fsp3) is 0. The normalized spacial score (nSPS) is 10.9. The zero-order valence-electron chi connectivity index (χ0n) is 71.4. The van der Waals surface area contributed by atoms with Crippen molar-refractivity contribution in [2.24, 2.45) is 0 Å². The summed E-state index contributed by atoms with van der Waals surface area (Å²) in [5.41, 5.74) is 38.1. The Kier molecular flexibility index (Phi) is 25.9. The van der Waals surface area contributed by atoms with Crippen molar-refractivity contribution >= 4 is 44.4 Å². The van der Waals surface area contributed by atoms with Gasteiger partial charge < -0.3 is 10.0 Å². The third-order valence-electron chi connectivity index (χ3n) is 23.5. The summed E-state index contributed by atoms with van der Waals surface area (Å²) in [6, 6.07) is 176. The van der Waals surface area contributed by atoms with Gasteiger partial charge in [-0.1, -0.05) is 457 Å². The van der Waals surface area contributed by atoms with Crippen molar-refractivity contribution in [3.63, 3.8) is 0 Å². The largest absolute Gasteiger partial charge is 0.488 e. The average Bonchev–Trinajstić information content (AvgIpc) is 0.789. The molecule has 19 aromatic carbocycles. The monoisotopic (exact) mass is 1810 g/mol. The highest BCUT2D eigenvalue weighted by Gasteiger charge is 2.18. The third kappa shape index (κ3) is 20.6. The Labute approximate surface area is 782 Å². The Bertz CT molecular complexity index is 7250. The molecule has 21 aromatic rings. The Hall–Kier alpha value is -15.7. The number of rotatable bonds is 19. The van der Waals surface area contributed by atoms with Gasteiger partial charge in [-0.15, -0.1) is 0 Å². The number of hydrogen-bond donors (Lipinski definition) is 2. The van der Waals surface area contributed by atoms with E-state index in [2.05, 4.69) is 438 Å². The highest BCUT2D eigenvalue weighted by atomic mass is 79.9. The molecule has 0 aliphatic heterocycles. The lowest BCUT2D eigenvalue weighted by Gasteiger charge is -2.12. The van der Waals surface area contributed by atoms with Crippen LogP contribution in [0, 0.1) is 0 Å². The van der Waals surface area contributed by atoms with Crippen molar-refractivity contribution in [2.75, 3.05) is 0 Å². The van der Waals surface area contributed by atoms with E-state index >= 15 is 0 Å². The molecule has 6 nitrogen and oxygen atoms in total. The molecular formula is C122H85BBr2N4O2. The molecule has 2 aromatic heterocycles. The predicted octanol–water partition coefficient (Wildman–Crippen LogP) is 31.9. The summed E-state index contributed by atoms with van der Waals surface area (Å²) in [7, 11) is -1.44. The third-order valence-corrected chi connectivity index (χ3v) is 24.5. The van der Waals surface area contributed by atoms with Gasteiger partial charge in [0.25, 0.3) is 0 Å². The second kappa shape index (κ2) is 40.1. The molecule has 0 amide bonds. The first-order chi connectivity index (χ1) is 64.5. The SMILES string of the molecule is Brc1ccc(-c2cc(-c3ccc(-c4cccc(-c5ccccc5)c4)cc3)nc(-c3ccc(Br)cc3)n2)cc1.OB(O)c1cccc(-c2cccc(-c3ccccc3)c2)c1.c1ccc(-c2cccc(-c3ccc(-c4cc(-c5ccc(-c6cccc(-c7cccc(-c8ccccc8)c7)c6)cc5)nc(-c5ccc(-c6cccc(-c7cccc(-c8ccccc8)c7)c6)cc5)n4)cc3)c2)cc1. The molecular weight excluding hydrogens is 1720 g/mol. The number of benzene rings is 19. The molecule has 0 aliphatic rings. The van der Waals surface area contributed by atoms with Gasteiger partial charge in [-0.25, -0.2) is 19.9 Å². The van der Waals surface area contributed by atoms with Gasteiger partial charge in [-0.3, -0.25) is 0 Å². The number of aromatic nitrogens is 4. The molecule has 9 heteroatoms. The minimum Gasteiger partial charge on any atom is -0.423 e. The highest BCUT2D eigenvalue weighted by Crippen LogP contribution is 2.39. The standard InChI is InChI=1S/C70H48N2.C34H22Br2N2.C18H15BO2/c1-4-15-49(16-5-1)58-21-10-24-61(43-58)52-31-37-55(38-32-52)68-48-69(56-39-33-53(34-40-56)62-25-13-29-66(46-62)64-27-11-22-59(44-64)50-17-6-2-7-18-50)72-70(71-68)57-41-35-54(36-42-57)63-26-14-30-67(47-63)65-28-12-23-60(45-65)51-19-8-3-9-20-51;35-30-17-13-26(14-18-30)33-22-32(37-34(38-33)27-15-19-31(36)20-16-27)25-11-9-24(10-12-25)29-8-4-7-28(21-29)23-5-2-1-3-6-23;20-19(21)18-11-5-10-17(13-18)16-9-4-8-15(12-16)14-6-2-1-3-7-14/h1-48H;1-22H;1-13,20-21H. The molecule has 131 heavy (non-hydrogen) atoms. The Balaban J connectivity index is 0.000000155. The van der Waals surface area contributed by atoms with Gasteiger partial charge in [0.2, 0.25) is 0 Å². The molecule has 2 N–H and O–H groups in total. The molecule has 0 atom stereocenters. The summed E-state index contributed by atoms with van der Waals surface area (Å²) < 4.78 is 2.06. The van der Waals surface area contributed by atoms with Gasteiger partial charge in [-0.2, -0.15) is 0 Å². The number of nitrogens with zero attached hydrogens (tertiary/aromatic N) is 4. The molecule has 2 heterocycles. The molecule has 0 unspecified atom stereocenters. The van der Waals surface area contributed by atoms with Crippen LogP contribution in [0.25, 0.3) is 201 Å². The number of hydrogen-bond acceptors (Lipinski definition) is 6. The van der Waals surface area contributed by atoms with Crippen molar-refractivity contribution < 1.29 is 10.0 Å². The van der Waals surface area contributed by atoms with Crippen LogP contribution in [0.2, 0.25) is 0 Å². The maximum atomic E-state index is 9.28. The van der Waals surface area contributed by atoms with Crippen LogP contribution in [-0.2, 0) is 0 Å². The van der Waals surface area contributed by atoms with Crippen LogP contribution in [0.3, 0.4) is 0 Å². The second-order valence-electron chi connectivity index (χ2n) is 32.1. The first-order valence-corrected chi connectivity index (χ1v) is 45.3. The lowest BCUT2D eigenvalue weighted by molar-refractivity contribution is 0.426. The van der Waals surface area contributed by atoms with E-state index in [1.807, 2.05) is 84.9 Å². The first-order valence-electron chi connectivity index (χ1n) is 43.7. The van der Waals surface area contributed by atoms with E-state index in [0.29, 0.717) is 17.1 Å². The Morgan fingerprint density at radius 2 is 0.290 bits per heavy atom. The fourth-order valence-electron chi connectivity index (χ4n) is 16.5. The topological polar surface area (TPSA) is 92.0 Å². The summed E-state index contributed by atoms with van der Waals surface area (Å²) >= 11 is 7.06. The minimum atomic E-state index is -1.44. The maximum Gasteiger partial charge on any atom is 0.488 e. The fourth-order valence-corrected chi connectivity index (χ4v) is 17.0. The van der Waals surface area contributed by atoms with Crippen LogP contribution in [0.15, 0.2) is 512 Å². The van der Waals surface area contributed by atoms with Gasteiger partial charge in [0.1, 0.15) is 0 Å². The summed E-state index contributed by atoms with van der Waals surface area (Å²) in [5.74, 6) is 1.38. The van der Waals surface area contributed by atoms with E-state index in [4.69, 9.17) is 19.9 Å². The van der Waals surface area contributed by atoms with E-state index in [0.717, 1.165) is 115 Å². The zero-order chi connectivity index (χ0) is 88.6. The molecule has 0 fully saturated rings. The molecule has 622 valence electrons. The highest BCUT2D eigenvalue weighted by molar-refractivity contribution is 9.10. The maximum absolute atomic E-state index is 9.28. The molecule has 21 rings (SSSR count). The van der Waals surface area contributed by atoms with E-state index in [9.17, 15) is 10.0 Å². The molecule has 0 aliphatic carbocycles. The number of halogens is 2. The second-order valence-corrected chi connectivity index (χ2v) is 34.0. The molecule has 0 bridgehead atoms. The van der Waals surface area contributed by atoms with E-state index in [1.54, 1.807) is 12.1 Å². The van der Waals surface area contributed by atoms with Crippen LogP contribution in [0.4, 0.5) is 0 Å². The van der Waals surface area contributed by atoms with Crippen LogP contribution >= 0.6 is 31.9 Å². The van der Waals surface area contributed by atoms with Gasteiger partial charge in [-0.05, 0) is 218 Å². The van der Waals surface area contributed by atoms with E-state index in [-0.39, 0.29) is 0 Å². The lowest BCUT2D eigenvalue weighted by atomic mass is 9.79. The van der Waals surface area contributed by atoms with Crippen molar-refractivity contribution in [2.45, 2.75) is 0 Å². The summed E-state index contributed by atoms with van der Waals surface area (Å²) in [5, 5.41) is 18.6. The van der Waals surface area contributed by atoms with Gasteiger partial charge in [0, 0.05) is 42.3 Å². The van der Waals surface area contributed by atoms with Gasteiger partial charge >= 0.3 is 7.12 Å². The van der Waals surface area contributed by atoms with Crippen molar-refractivity contribution in [3.05, 3.63) is 512 Å². The van der Waals surface area contributed by atoms with E-state index < -0.39 is 7.12 Å². The van der Waals surface area contributed by atoms with Crippen molar-refractivity contribution in [3.8, 4) is 201 Å². The average molecular weight is 1810 g/mol. The van der Waals surface area contributed by atoms with Crippen LogP contribution in [0.5, 0.6) is 0 Å². The molecule has 0 saturated carbocycles. The lowest BCUT2D eigenvalue weighted by Crippen LogP contribution is -2.29. The van der Waals surface area contributed by atoms with Gasteiger partial charge in [0.15, 0.2) is 11.6 Å². The van der Waals surface area contributed by atoms with Crippen LogP contribution in [-0.4, -0.2) is 37.1 Å². The first kappa shape index (κ1) is 84.8. The van der Waals surface area contributed by atoms with Crippen molar-refractivity contribution in [1.82, 2.24) is 19.9 Å². The Morgan fingerprint density at radius 1 is 0.137 bits per heavy atom. The van der Waals surface area contributed by atoms with Crippen LogP contribution < -0.4 is 5.46 Å². The minimum absolute atomic E-state index is 0.498. The van der Waals surface area contributed by atoms with E-state index in [1.165, 1.54) is 83.5 Å². The molecule has 0 radical (unpaired) electrons. The quantitative estimate of drug-likeness (QED) is 0.0784. The predicted molar refractivity (Wildman–Crippen MR) is 554 cm³/mol. The Morgan fingerprint density at radius 3 is 0.504 bits per heavy atom.